The minimum atomic E-state index is -2.57. The molecule has 0 fully saturated rings. The Morgan fingerprint density at radius 1 is 1.60 bits per heavy atom. The van der Waals surface area contributed by atoms with E-state index < -0.39 is 9.28 Å². The SMILES string of the molecule is N#C[Si](O)O. The molecule has 0 unspecified atom stereocenters. The van der Waals surface area contributed by atoms with Crippen LogP contribution >= 0.6 is 0 Å². The van der Waals surface area contributed by atoms with Gasteiger partial charge in [0.2, 0.25) is 0 Å². The molecule has 27 valence electrons. The van der Waals surface area contributed by atoms with Crippen molar-refractivity contribution in [3.63, 3.8) is 0 Å². The standard InChI is InChI=1S/CH2NO2Si/c2-1-5(3)4/h3-4H. The molecular formula is CH2NO2Si. The molecule has 0 aromatic heterocycles. The summed E-state index contributed by atoms with van der Waals surface area (Å²) in [6.45, 7) is 0. The van der Waals surface area contributed by atoms with E-state index in [1.165, 1.54) is 5.69 Å². The van der Waals surface area contributed by atoms with E-state index in [0.29, 0.717) is 0 Å². The van der Waals surface area contributed by atoms with Gasteiger partial charge in [-0.05, 0) is 0 Å². The summed E-state index contributed by atoms with van der Waals surface area (Å²) >= 11 is 0. The van der Waals surface area contributed by atoms with Crippen LogP contribution in [0.3, 0.4) is 0 Å². The Bertz CT molecular complexity index is 55.2. The van der Waals surface area contributed by atoms with Crippen molar-refractivity contribution in [1.29, 1.82) is 5.26 Å². The van der Waals surface area contributed by atoms with Gasteiger partial charge in [-0.1, -0.05) is 0 Å². The summed E-state index contributed by atoms with van der Waals surface area (Å²) in [6.07, 6.45) is 0. The van der Waals surface area contributed by atoms with Crippen molar-refractivity contribution >= 4 is 9.28 Å². The number of nitriles is 1. The van der Waals surface area contributed by atoms with Crippen LogP contribution in [0.15, 0.2) is 0 Å². The topological polar surface area (TPSA) is 64.2 Å². The Balaban J connectivity index is 2.94. The Hall–Kier alpha value is -0.373. The van der Waals surface area contributed by atoms with Gasteiger partial charge in [0.05, 0.1) is 5.69 Å². The van der Waals surface area contributed by atoms with E-state index in [1.807, 2.05) is 0 Å². The molecule has 3 nitrogen and oxygen atoms in total. The van der Waals surface area contributed by atoms with Crippen LogP contribution in [0.5, 0.6) is 0 Å². The van der Waals surface area contributed by atoms with Gasteiger partial charge in [-0.3, -0.25) is 0 Å². The quantitative estimate of drug-likeness (QED) is 0.355. The van der Waals surface area contributed by atoms with Gasteiger partial charge in [-0.2, -0.15) is 0 Å². The molecule has 0 aliphatic heterocycles. The monoisotopic (exact) mass is 88.0 g/mol. The van der Waals surface area contributed by atoms with E-state index in [1.54, 1.807) is 0 Å². The molecule has 1 radical (unpaired) electrons. The summed E-state index contributed by atoms with van der Waals surface area (Å²) in [5.74, 6) is 0. The zero-order valence-corrected chi connectivity index (χ0v) is 3.34. The number of nitrogens with zero attached hydrogens (tertiary/aromatic N) is 1. The number of hydrogen-bond acceptors (Lipinski definition) is 3. The lowest BCUT2D eigenvalue weighted by molar-refractivity contribution is 0.426. The first-order chi connectivity index (χ1) is 2.27. The van der Waals surface area contributed by atoms with Gasteiger partial charge in [0.1, 0.15) is 0 Å². The van der Waals surface area contributed by atoms with E-state index >= 15 is 0 Å². The van der Waals surface area contributed by atoms with Crippen LogP contribution in [0.1, 0.15) is 0 Å². The van der Waals surface area contributed by atoms with E-state index in [2.05, 4.69) is 0 Å². The molecule has 5 heavy (non-hydrogen) atoms. The predicted octanol–water partition coefficient (Wildman–Crippen LogP) is -1.48. The molecule has 4 heteroatoms. The molecule has 0 amide bonds. The normalized spacial score (nSPS) is 7.60. The van der Waals surface area contributed by atoms with Crippen molar-refractivity contribution in [2.24, 2.45) is 0 Å². The maximum atomic E-state index is 7.66. The number of rotatable bonds is 0. The molecular weight excluding hydrogens is 86.1 g/mol. The maximum absolute atomic E-state index is 7.66. The zero-order chi connectivity index (χ0) is 4.28. The highest BCUT2D eigenvalue weighted by Gasteiger charge is 1.95. The maximum Gasteiger partial charge on any atom is 0.507 e. The van der Waals surface area contributed by atoms with E-state index in [0.717, 1.165) is 0 Å². The third-order valence-electron chi connectivity index (χ3n) is 0.100. The van der Waals surface area contributed by atoms with Crippen molar-refractivity contribution in [3.8, 4) is 5.69 Å². The minimum Gasteiger partial charge on any atom is -0.399 e. The second-order valence-electron chi connectivity index (χ2n) is 0.435. The summed E-state index contributed by atoms with van der Waals surface area (Å²) in [4.78, 5) is 15.3. The summed E-state index contributed by atoms with van der Waals surface area (Å²) in [5.41, 5.74) is 1.24. The van der Waals surface area contributed by atoms with Crippen molar-refractivity contribution in [3.05, 3.63) is 0 Å². The van der Waals surface area contributed by atoms with Crippen LogP contribution in [0, 0.1) is 11.0 Å². The van der Waals surface area contributed by atoms with Gasteiger partial charge < -0.3 is 9.59 Å². The first kappa shape index (κ1) is 4.63. The third-order valence-corrected chi connectivity index (χ3v) is 0.300. The summed E-state index contributed by atoms with van der Waals surface area (Å²) in [5, 5.41) is 7.44. The van der Waals surface area contributed by atoms with Crippen LogP contribution in [0.2, 0.25) is 0 Å². The molecule has 0 saturated heterocycles. The molecule has 0 bridgehead atoms. The van der Waals surface area contributed by atoms with E-state index in [9.17, 15) is 0 Å². The second kappa shape index (κ2) is 1.90. The third kappa shape index (κ3) is 3.63. The second-order valence-corrected chi connectivity index (χ2v) is 1.31. The predicted molar refractivity (Wildman–Crippen MR) is 15.8 cm³/mol. The average molecular weight is 88.1 g/mol. The molecule has 0 heterocycles. The zero-order valence-electron chi connectivity index (χ0n) is 2.34. The summed E-state index contributed by atoms with van der Waals surface area (Å²) < 4.78 is 0. The highest BCUT2D eigenvalue weighted by atomic mass is 28.3. The largest absolute Gasteiger partial charge is 0.507 e. The van der Waals surface area contributed by atoms with Crippen LogP contribution in [-0.4, -0.2) is 18.9 Å². The fraction of sp³-hybridized carbons (Fsp3) is 0. The van der Waals surface area contributed by atoms with Gasteiger partial charge in [0, 0.05) is 0 Å². The Morgan fingerprint density at radius 2 is 1.80 bits per heavy atom. The Kier molecular flexibility index (Phi) is 1.76. The summed E-state index contributed by atoms with van der Waals surface area (Å²) in [7, 11) is -2.57. The Labute approximate surface area is 30.9 Å². The lowest BCUT2D eigenvalue weighted by atomic mass is 11.8. The van der Waals surface area contributed by atoms with Crippen molar-refractivity contribution < 1.29 is 9.59 Å². The molecule has 2 N–H and O–H groups in total. The van der Waals surface area contributed by atoms with Gasteiger partial charge in [0.25, 0.3) is 0 Å². The smallest absolute Gasteiger partial charge is 0.399 e. The summed E-state index contributed by atoms with van der Waals surface area (Å²) in [6, 6.07) is 0. The molecule has 0 rings (SSSR count). The molecule has 0 aromatic carbocycles. The van der Waals surface area contributed by atoms with E-state index in [-0.39, 0.29) is 0 Å². The highest BCUT2D eigenvalue weighted by Crippen LogP contribution is 1.51. The Morgan fingerprint density at radius 3 is 1.80 bits per heavy atom. The van der Waals surface area contributed by atoms with Crippen molar-refractivity contribution in [2.45, 2.75) is 0 Å². The fourth-order valence-electron chi connectivity index (χ4n) is 0. The molecule has 0 saturated carbocycles. The van der Waals surface area contributed by atoms with Crippen LogP contribution in [0.4, 0.5) is 0 Å². The first-order valence-corrected chi connectivity index (χ1v) is 2.32. The van der Waals surface area contributed by atoms with Crippen LogP contribution < -0.4 is 0 Å². The van der Waals surface area contributed by atoms with Gasteiger partial charge in [-0.15, -0.1) is 0 Å². The minimum absolute atomic E-state index is 1.24. The van der Waals surface area contributed by atoms with E-state index in [4.69, 9.17) is 14.9 Å². The van der Waals surface area contributed by atoms with Gasteiger partial charge in [0.15, 0.2) is 0 Å². The van der Waals surface area contributed by atoms with Gasteiger partial charge in [-0.25, -0.2) is 5.26 Å². The number of hydrogen-bond donors (Lipinski definition) is 2. The molecule has 0 aliphatic carbocycles. The molecule has 0 aliphatic rings. The van der Waals surface area contributed by atoms with Crippen LogP contribution in [-0.2, 0) is 0 Å². The average Bonchev–Trinajstić information content (AvgIpc) is 1.38. The molecule has 0 atom stereocenters. The highest BCUT2D eigenvalue weighted by molar-refractivity contribution is 6.50. The van der Waals surface area contributed by atoms with Crippen LogP contribution in [0.25, 0.3) is 0 Å². The fourth-order valence-corrected chi connectivity index (χ4v) is 0. The molecule has 0 aromatic rings. The first-order valence-electron chi connectivity index (χ1n) is 0.921. The van der Waals surface area contributed by atoms with Crippen molar-refractivity contribution in [2.75, 3.05) is 0 Å². The molecule has 0 spiro atoms. The van der Waals surface area contributed by atoms with Gasteiger partial charge >= 0.3 is 9.28 Å². The van der Waals surface area contributed by atoms with Crippen molar-refractivity contribution in [1.82, 2.24) is 0 Å². The lowest BCUT2D eigenvalue weighted by Crippen LogP contribution is -2.05. The lowest BCUT2D eigenvalue weighted by Gasteiger charge is -1.69.